The Kier molecular flexibility index (Phi) is 8.74. The van der Waals surface area contributed by atoms with Crippen LogP contribution in [0.4, 0.5) is 0 Å². The highest BCUT2D eigenvalue weighted by Gasteiger charge is 2.14. The molecule has 1 aromatic carbocycles. The number of unbranched alkanes of at least 4 members (excludes halogenated alkanes) is 1. The van der Waals surface area contributed by atoms with Gasteiger partial charge in [-0.15, -0.1) is 6.58 Å². The number of allylic oxidation sites excluding steroid dienone is 1. The molecule has 0 heterocycles. The average molecular weight is 294 g/mol. The molecule has 0 spiro atoms. The van der Waals surface area contributed by atoms with Crippen molar-refractivity contribution in [2.75, 3.05) is 13.7 Å². The van der Waals surface area contributed by atoms with E-state index in [2.05, 4.69) is 6.58 Å². The molecule has 118 valence electrons. The van der Waals surface area contributed by atoms with Crippen LogP contribution in [0, 0.1) is 0 Å². The Hall–Kier alpha value is -1.36. The van der Waals surface area contributed by atoms with Crippen molar-refractivity contribution in [3.8, 4) is 5.75 Å². The van der Waals surface area contributed by atoms with Crippen molar-refractivity contribution >= 4 is 0 Å². The zero-order valence-electron chi connectivity index (χ0n) is 12.7. The standard InChI is InChI=1S/C17H26O4/c1-3-4-5-6-17(11-15(19)12-18)21-13-14-7-9-16(20-2)10-8-14/h3,7-10,15,17-19H,1,4-6,11-13H2,2H3/t15-,17-/m1/s1. The van der Waals surface area contributed by atoms with E-state index in [1.807, 2.05) is 30.3 Å². The van der Waals surface area contributed by atoms with E-state index in [4.69, 9.17) is 14.6 Å². The lowest BCUT2D eigenvalue weighted by Crippen LogP contribution is -2.23. The second-order valence-electron chi connectivity index (χ2n) is 5.07. The molecule has 0 fully saturated rings. The van der Waals surface area contributed by atoms with Crippen LogP contribution in [0.25, 0.3) is 0 Å². The van der Waals surface area contributed by atoms with Crippen LogP contribution in [0.5, 0.6) is 5.75 Å². The average Bonchev–Trinajstić information content (AvgIpc) is 2.52. The van der Waals surface area contributed by atoms with E-state index in [0.29, 0.717) is 13.0 Å². The predicted molar refractivity (Wildman–Crippen MR) is 83.3 cm³/mol. The maximum atomic E-state index is 9.58. The number of ether oxygens (including phenoxy) is 2. The number of aliphatic hydroxyl groups excluding tert-OH is 2. The normalized spacial score (nSPS) is 13.7. The third-order valence-corrected chi connectivity index (χ3v) is 3.32. The molecule has 2 N–H and O–H groups in total. The van der Waals surface area contributed by atoms with Gasteiger partial charge >= 0.3 is 0 Å². The second-order valence-corrected chi connectivity index (χ2v) is 5.07. The van der Waals surface area contributed by atoms with Gasteiger partial charge in [-0.3, -0.25) is 0 Å². The highest BCUT2D eigenvalue weighted by Crippen LogP contribution is 2.16. The SMILES string of the molecule is C=CCCC[C@H](C[C@@H](O)CO)OCc1ccc(OC)cc1. The van der Waals surface area contributed by atoms with Gasteiger partial charge in [-0.25, -0.2) is 0 Å². The zero-order chi connectivity index (χ0) is 15.5. The minimum absolute atomic E-state index is 0.0609. The number of benzene rings is 1. The van der Waals surface area contributed by atoms with Crippen molar-refractivity contribution in [1.82, 2.24) is 0 Å². The molecule has 0 radical (unpaired) electrons. The van der Waals surface area contributed by atoms with Gasteiger partial charge in [0.25, 0.3) is 0 Å². The summed E-state index contributed by atoms with van der Waals surface area (Å²) in [4.78, 5) is 0. The van der Waals surface area contributed by atoms with Crippen LogP contribution in [0.15, 0.2) is 36.9 Å². The largest absolute Gasteiger partial charge is 0.497 e. The quantitative estimate of drug-likeness (QED) is 0.486. The molecule has 1 rings (SSSR count). The molecule has 21 heavy (non-hydrogen) atoms. The summed E-state index contributed by atoms with van der Waals surface area (Å²) in [5.74, 6) is 0.817. The minimum Gasteiger partial charge on any atom is -0.497 e. The van der Waals surface area contributed by atoms with Gasteiger partial charge in [-0.2, -0.15) is 0 Å². The summed E-state index contributed by atoms with van der Waals surface area (Å²) in [5.41, 5.74) is 1.06. The molecule has 2 atom stereocenters. The van der Waals surface area contributed by atoms with Gasteiger partial charge in [0.15, 0.2) is 0 Å². The summed E-state index contributed by atoms with van der Waals surface area (Å²) in [6.45, 7) is 3.96. The van der Waals surface area contributed by atoms with Crippen molar-refractivity contribution < 1.29 is 19.7 Å². The smallest absolute Gasteiger partial charge is 0.118 e. The summed E-state index contributed by atoms with van der Waals surface area (Å²) in [5, 5.41) is 18.5. The monoisotopic (exact) mass is 294 g/mol. The van der Waals surface area contributed by atoms with Crippen LogP contribution in [-0.2, 0) is 11.3 Å². The highest BCUT2D eigenvalue weighted by atomic mass is 16.5. The third kappa shape index (κ3) is 7.27. The molecule has 0 saturated heterocycles. The maximum Gasteiger partial charge on any atom is 0.118 e. The van der Waals surface area contributed by atoms with E-state index in [-0.39, 0.29) is 12.7 Å². The Labute approximate surface area is 127 Å². The summed E-state index contributed by atoms with van der Waals surface area (Å²) in [6.07, 6.45) is 4.28. The molecule has 0 aliphatic rings. The topological polar surface area (TPSA) is 58.9 Å². The first-order valence-electron chi connectivity index (χ1n) is 7.34. The van der Waals surface area contributed by atoms with Crippen LogP contribution in [0.1, 0.15) is 31.2 Å². The summed E-state index contributed by atoms with van der Waals surface area (Å²) in [7, 11) is 1.64. The Bertz CT molecular complexity index is 388. The van der Waals surface area contributed by atoms with Gasteiger partial charge in [0.05, 0.1) is 32.5 Å². The molecule has 1 aromatic rings. The van der Waals surface area contributed by atoms with E-state index in [0.717, 1.165) is 30.6 Å². The number of methoxy groups -OCH3 is 1. The van der Waals surface area contributed by atoms with Crippen LogP contribution < -0.4 is 4.74 Å². The Morgan fingerprint density at radius 3 is 2.57 bits per heavy atom. The third-order valence-electron chi connectivity index (χ3n) is 3.32. The molecule has 0 amide bonds. The van der Waals surface area contributed by atoms with Crippen LogP contribution >= 0.6 is 0 Å². The molecule has 0 aliphatic heterocycles. The molecule has 0 aliphatic carbocycles. The summed E-state index contributed by atoms with van der Waals surface area (Å²) < 4.78 is 11.0. The fourth-order valence-corrected chi connectivity index (χ4v) is 2.07. The zero-order valence-corrected chi connectivity index (χ0v) is 12.7. The van der Waals surface area contributed by atoms with Crippen LogP contribution in [-0.4, -0.2) is 36.1 Å². The first-order chi connectivity index (χ1) is 10.2. The van der Waals surface area contributed by atoms with Crippen molar-refractivity contribution in [2.24, 2.45) is 0 Å². The molecule has 4 heteroatoms. The molecule has 0 saturated carbocycles. The Morgan fingerprint density at radius 2 is 2.00 bits per heavy atom. The Morgan fingerprint density at radius 1 is 1.29 bits per heavy atom. The number of aliphatic hydroxyl groups is 2. The highest BCUT2D eigenvalue weighted by molar-refractivity contribution is 5.26. The predicted octanol–water partition coefficient (Wildman–Crippen LogP) is 2.68. The van der Waals surface area contributed by atoms with Gasteiger partial charge in [-0.05, 0) is 37.0 Å². The van der Waals surface area contributed by atoms with E-state index >= 15 is 0 Å². The van der Waals surface area contributed by atoms with E-state index in [1.54, 1.807) is 7.11 Å². The van der Waals surface area contributed by atoms with Gasteiger partial charge in [0.1, 0.15) is 5.75 Å². The van der Waals surface area contributed by atoms with E-state index in [9.17, 15) is 5.11 Å². The first-order valence-corrected chi connectivity index (χ1v) is 7.34. The lowest BCUT2D eigenvalue weighted by atomic mass is 10.1. The fourth-order valence-electron chi connectivity index (χ4n) is 2.07. The molecular formula is C17H26O4. The lowest BCUT2D eigenvalue weighted by Gasteiger charge is -2.20. The molecule has 0 unspecified atom stereocenters. The number of hydrogen-bond acceptors (Lipinski definition) is 4. The van der Waals surface area contributed by atoms with E-state index < -0.39 is 6.10 Å². The van der Waals surface area contributed by atoms with Gasteiger partial charge in [0, 0.05) is 6.42 Å². The molecule has 0 bridgehead atoms. The minimum atomic E-state index is -0.727. The fraction of sp³-hybridized carbons (Fsp3) is 0.529. The maximum absolute atomic E-state index is 9.58. The summed E-state index contributed by atoms with van der Waals surface area (Å²) in [6, 6.07) is 7.71. The van der Waals surface area contributed by atoms with Crippen molar-refractivity contribution in [1.29, 1.82) is 0 Å². The van der Waals surface area contributed by atoms with Gasteiger partial charge < -0.3 is 19.7 Å². The first kappa shape index (κ1) is 17.7. The number of hydrogen-bond donors (Lipinski definition) is 2. The van der Waals surface area contributed by atoms with Gasteiger partial charge in [-0.1, -0.05) is 18.2 Å². The second kappa shape index (κ2) is 10.4. The summed E-state index contributed by atoms with van der Waals surface area (Å²) >= 11 is 0. The van der Waals surface area contributed by atoms with Gasteiger partial charge in [0.2, 0.25) is 0 Å². The van der Waals surface area contributed by atoms with Crippen molar-refractivity contribution in [2.45, 2.75) is 44.5 Å². The molecular weight excluding hydrogens is 268 g/mol. The molecule has 4 nitrogen and oxygen atoms in total. The number of rotatable bonds is 11. The molecule has 0 aromatic heterocycles. The lowest BCUT2D eigenvalue weighted by molar-refractivity contribution is -0.0146. The Balaban J connectivity index is 2.47. The van der Waals surface area contributed by atoms with Crippen molar-refractivity contribution in [3.05, 3.63) is 42.5 Å². The van der Waals surface area contributed by atoms with Crippen LogP contribution in [0.2, 0.25) is 0 Å². The van der Waals surface area contributed by atoms with E-state index in [1.165, 1.54) is 0 Å². The van der Waals surface area contributed by atoms with Crippen molar-refractivity contribution in [3.63, 3.8) is 0 Å². The van der Waals surface area contributed by atoms with Crippen LogP contribution in [0.3, 0.4) is 0 Å².